The number of anilines is 1. The molecule has 0 radical (unpaired) electrons. The van der Waals surface area contributed by atoms with E-state index in [1.165, 1.54) is 0 Å². The molecule has 4 rings (SSSR count). The maximum atomic E-state index is 12.3. The van der Waals surface area contributed by atoms with E-state index in [1.54, 1.807) is 0 Å². The Balaban J connectivity index is 1.68. The lowest BCUT2D eigenvalue weighted by atomic mass is 10.0. The van der Waals surface area contributed by atoms with Crippen LogP contribution in [0.5, 0.6) is 0 Å². The highest BCUT2D eigenvalue weighted by molar-refractivity contribution is 5.90. The molecule has 1 aromatic carbocycles. The lowest BCUT2D eigenvalue weighted by molar-refractivity contribution is -0.239. The summed E-state index contributed by atoms with van der Waals surface area (Å²) in [6.07, 6.45) is 0.432. The highest BCUT2D eigenvalue weighted by Gasteiger charge is 2.60. The number of urea groups is 1. The Morgan fingerprint density at radius 2 is 1.72 bits per heavy atom. The van der Waals surface area contributed by atoms with E-state index in [4.69, 9.17) is 18.9 Å². The van der Waals surface area contributed by atoms with Gasteiger partial charge in [0.15, 0.2) is 0 Å². The Hall–Kier alpha value is -1.67. The second-order valence-electron chi connectivity index (χ2n) is 7.03. The molecule has 2 amide bonds. The molecule has 2 N–H and O–H groups in total. The zero-order valence-corrected chi connectivity index (χ0v) is 14.6. The monoisotopic (exact) mass is 348 g/mol. The molecule has 0 saturated carbocycles. The molecule has 7 heteroatoms. The topological polar surface area (TPSA) is 78.1 Å². The van der Waals surface area contributed by atoms with Crippen LogP contribution < -0.4 is 10.6 Å². The molecule has 7 nitrogen and oxygen atoms in total. The van der Waals surface area contributed by atoms with Crippen molar-refractivity contribution in [3.63, 3.8) is 0 Å². The smallest absolute Gasteiger partial charge is 0.319 e. The molecule has 25 heavy (non-hydrogen) atoms. The van der Waals surface area contributed by atoms with Crippen LogP contribution in [0.15, 0.2) is 18.2 Å². The Bertz CT molecular complexity index is 663. The highest BCUT2D eigenvalue weighted by atomic mass is 16.8. The van der Waals surface area contributed by atoms with Crippen molar-refractivity contribution in [3.05, 3.63) is 29.3 Å². The van der Waals surface area contributed by atoms with Crippen LogP contribution in [-0.2, 0) is 30.5 Å². The van der Waals surface area contributed by atoms with Gasteiger partial charge in [-0.25, -0.2) is 4.79 Å². The number of benzene rings is 1. The van der Waals surface area contributed by atoms with Crippen LogP contribution in [0.4, 0.5) is 10.5 Å². The SMILES string of the molecule is CC(C)CNC(=O)Nc1cccc2c1C1(CC23OCCO3)OCCO1. The maximum Gasteiger partial charge on any atom is 0.319 e. The van der Waals surface area contributed by atoms with Crippen molar-refractivity contribution in [1.29, 1.82) is 0 Å². The van der Waals surface area contributed by atoms with E-state index in [1.807, 2.05) is 32.0 Å². The molecule has 2 saturated heterocycles. The number of rotatable bonds is 3. The Kier molecular flexibility index (Phi) is 4.19. The number of fused-ring (bicyclic) bond motifs is 3. The normalized spacial score (nSPS) is 22.7. The summed E-state index contributed by atoms with van der Waals surface area (Å²) in [7, 11) is 0. The van der Waals surface area contributed by atoms with Crippen LogP contribution in [0.2, 0.25) is 0 Å². The first kappa shape index (κ1) is 16.8. The summed E-state index contributed by atoms with van der Waals surface area (Å²) in [4.78, 5) is 12.3. The van der Waals surface area contributed by atoms with Gasteiger partial charge in [-0.15, -0.1) is 0 Å². The van der Waals surface area contributed by atoms with Crippen molar-refractivity contribution >= 4 is 11.7 Å². The predicted octanol–water partition coefficient (Wildman–Crippen LogP) is 2.27. The van der Waals surface area contributed by atoms with Crippen molar-refractivity contribution in [2.45, 2.75) is 31.8 Å². The molecule has 0 unspecified atom stereocenters. The van der Waals surface area contributed by atoms with Crippen LogP contribution in [0.25, 0.3) is 0 Å². The average molecular weight is 348 g/mol. The molecular formula is C18H24N2O5. The van der Waals surface area contributed by atoms with E-state index in [-0.39, 0.29) is 6.03 Å². The van der Waals surface area contributed by atoms with Gasteiger partial charge in [0.1, 0.15) is 0 Å². The molecule has 2 heterocycles. The van der Waals surface area contributed by atoms with E-state index in [9.17, 15) is 4.79 Å². The zero-order chi connectivity index (χ0) is 17.5. The van der Waals surface area contributed by atoms with Gasteiger partial charge in [-0.2, -0.15) is 0 Å². The molecular weight excluding hydrogens is 324 g/mol. The van der Waals surface area contributed by atoms with Crippen molar-refractivity contribution < 1.29 is 23.7 Å². The summed E-state index contributed by atoms with van der Waals surface area (Å²) in [5, 5.41) is 5.80. The van der Waals surface area contributed by atoms with E-state index in [0.29, 0.717) is 51.0 Å². The van der Waals surface area contributed by atoms with Gasteiger partial charge in [0.25, 0.3) is 0 Å². The van der Waals surface area contributed by atoms with E-state index < -0.39 is 11.6 Å². The third kappa shape index (κ3) is 2.81. The summed E-state index contributed by atoms with van der Waals surface area (Å²) in [6, 6.07) is 5.45. The van der Waals surface area contributed by atoms with Crippen molar-refractivity contribution in [1.82, 2.24) is 5.32 Å². The number of hydrogen-bond acceptors (Lipinski definition) is 5. The Morgan fingerprint density at radius 1 is 1.08 bits per heavy atom. The lowest BCUT2D eigenvalue weighted by Gasteiger charge is -2.26. The van der Waals surface area contributed by atoms with Gasteiger partial charge in [0, 0.05) is 17.7 Å². The van der Waals surface area contributed by atoms with Crippen molar-refractivity contribution in [3.8, 4) is 0 Å². The van der Waals surface area contributed by atoms with Crippen LogP contribution in [0.3, 0.4) is 0 Å². The molecule has 1 aromatic rings. The van der Waals surface area contributed by atoms with E-state index in [2.05, 4.69) is 10.6 Å². The fourth-order valence-electron chi connectivity index (χ4n) is 3.75. The first-order chi connectivity index (χ1) is 12.0. The highest BCUT2D eigenvalue weighted by Crippen LogP contribution is 2.57. The van der Waals surface area contributed by atoms with Crippen molar-refractivity contribution in [2.75, 3.05) is 38.3 Å². The number of ether oxygens (including phenoxy) is 4. The number of carbonyl (C=O) groups is 1. The first-order valence-corrected chi connectivity index (χ1v) is 8.79. The zero-order valence-electron chi connectivity index (χ0n) is 14.6. The molecule has 2 spiro atoms. The summed E-state index contributed by atoms with van der Waals surface area (Å²) >= 11 is 0. The second kappa shape index (κ2) is 6.25. The van der Waals surface area contributed by atoms with Crippen LogP contribution in [-0.4, -0.2) is 39.0 Å². The maximum absolute atomic E-state index is 12.3. The first-order valence-electron chi connectivity index (χ1n) is 8.79. The molecule has 0 atom stereocenters. The van der Waals surface area contributed by atoms with E-state index in [0.717, 1.165) is 11.1 Å². The summed E-state index contributed by atoms with van der Waals surface area (Å²) in [6.45, 7) is 6.77. The molecule has 3 aliphatic rings. The Labute approximate surface area is 147 Å². The van der Waals surface area contributed by atoms with Gasteiger partial charge in [0.2, 0.25) is 11.6 Å². The molecule has 2 aliphatic heterocycles. The molecule has 1 aliphatic carbocycles. The van der Waals surface area contributed by atoms with Crippen molar-refractivity contribution in [2.24, 2.45) is 5.92 Å². The summed E-state index contributed by atoms with van der Waals surface area (Å²) in [5.41, 5.74) is 2.33. The Morgan fingerprint density at radius 3 is 2.36 bits per heavy atom. The minimum absolute atomic E-state index is 0.246. The largest absolute Gasteiger partial charge is 0.343 e. The quantitative estimate of drug-likeness (QED) is 0.876. The fourth-order valence-corrected chi connectivity index (χ4v) is 3.75. The predicted molar refractivity (Wildman–Crippen MR) is 90.1 cm³/mol. The third-order valence-corrected chi connectivity index (χ3v) is 4.75. The van der Waals surface area contributed by atoms with Gasteiger partial charge in [-0.1, -0.05) is 26.0 Å². The number of hydrogen-bond donors (Lipinski definition) is 2. The number of nitrogens with one attached hydrogen (secondary N) is 2. The van der Waals surface area contributed by atoms with Crippen LogP contribution in [0.1, 0.15) is 31.4 Å². The molecule has 0 aromatic heterocycles. The van der Waals surface area contributed by atoms with E-state index >= 15 is 0 Å². The minimum atomic E-state index is -0.929. The second-order valence-corrected chi connectivity index (χ2v) is 7.03. The van der Waals surface area contributed by atoms with Gasteiger partial charge in [-0.05, 0) is 12.0 Å². The lowest BCUT2D eigenvalue weighted by Crippen LogP contribution is -2.33. The molecule has 0 bridgehead atoms. The standard InChI is InChI=1S/C18H24N2O5/c1-12(2)10-19-16(21)20-14-5-3-4-13-15(14)18(24-8-9-25-18)11-17(13)22-6-7-23-17/h3-5,12H,6-11H2,1-2H3,(H2,19,20,21). The summed E-state index contributed by atoms with van der Waals surface area (Å²) in [5.74, 6) is -1.41. The third-order valence-electron chi connectivity index (χ3n) is 4.75. The molecule has 2 fully saturated rings. The van der Waals surface area contributed by atoms with Crippen LogP contribution in [0, 0.1) is 5.92 Å². The van der Waals surface area contributed by atoms with Gasteiger partial charge < -0.3 is 29.6 Å². The van der Waals surface area contributed by atoms with Gasteiger partial charge >= 0.3 is 6.03 Å². The van der Waals surface area contributed by atoms with Crippen LogP contribution >= 0.6 is 0 Å². The number of amides is 2. The average Bonchev–Trinajstić information content (AvgIpc) is 3.29. The fraction of sp³-hybridized carbons (Fsp3) is 0.611. The van der Waals surface area contributed by atoms with Gasteiger partial charge in [-0.3, -0.25) is 0 Å². The van der Waals surface area contributed by atoms with Gasteiger partial charge in [0.05, 0.1) is 38.5 Å². The molecule has 136 valence electrons. The number of carbonyl (C=O) groups excluding carboxylic acids is 1. The minimum Gasteiger partial charge on any atom is -0.343 e. The summed E-state index contributed by atoms with van der Waals surface area (Å²) < 4.78 is 23.8.